The highest BCUT2D eigenvalue weighted by Crippen LogP contribution is 2.35. The van der Waals surface area contributed by atoms with E-state index in [1.54, 1.807) is 60.7 Å². The molecule has 1 heterocycles. The Balaban J connectivity index is 1.91. The Morgan fingerprint density at radius 3 is 1.77 bits per heavy atom. The number of amides is 2. The van der Waals surface area contributed by atoms with Gasteiger partial charge in [-0.05, 0) is 70.6 Å². The first-order valence-corrected chi connectivity index (χ1v) is 11.1. The number of rotatable bonds is 3. The van der Waals surface area contributed by atoms with Gasteiger partial charge in [0.15, 0.2) is 5.11 Å². The van der Waals surface area contributed by atoms with E-state index in [4.69, 9.17) is 12.2 Å². The number of halogens is 2. The topological polar surface area (TPSA) is 60.9 Å². The normalized spacial score (nSPS) is 14.3. The van der Waals surface area contributed by atoms with Crippen LogP contribution in [0.1, 0.15) is 5.56 Å². The highest BCUT2D eigenvalue weighted by molar-refractivity contribution is 9.11. The van der Waals surface area contributed by atoms with Crippen LogP contribution in [0.3, 0.4) is 0 Å². The summed E-state index contributed by atoms with van der Waals surface area (Å²) in [4.78, 5) is 29.5. The lowest BCUT2D eigenvalue weighted by atomic mass is 10.0. The van der Waals surface area contributed by atoms with Gasteiger partial charge in [-0.1, -0.05) is 52.3 Å². The van der Waals surface area contributed by atoms with Crippen molar-refractivity contribution in [3.63, 3.8) is 0 Å². The van der Waals surface area contributed by atoms with Crippen molar-refractivity contribution in [2.75, 3.05) is 9.80 Å². The Morgan fingerprint density at radius 1 is 0.806 bits per heavy atom. The van der Waals surface area contributed by atoms with Crippen LogP contribution in [-0.2, 0) is 9.59 Å². The van der Waals surface area contributed by atoms with Crippen LogP contribution in [0.5, 0.6) is 5.75 Å². The second-order valence-electron chi connectivity index (χ2n) is 6.62. The number of hydrogen-bond acceptors (Lipinski definition) is 4. The van der Waals surface area contributed by atoms with Gasteiger partial charge in [-0.15, -0.1) is 0 Å². The summed E-state index contributed by atoms with van der Waals surface area (Å²) in [5.74, 6) is -1.21. The predicted octanol–water partition coefficient (Wildman–Crippen LogP) is 5.67. The molecule has 0 atom stereocenters. The fraction of sp³-hybridized carbons (Fsp3) is 0. The van der Waals surface area contributed by atoms with Gasteiger partial charge in [0.1, 0.15) is 11.3 Å². The zero-order valence-corrected chi connectivity index (χ0v) is 19.8. The van der Waals surface area contributed by atoms with Gasteiger partial charge in [-0.25, -0.2) is 0 Å². The van der Waals surface area contributed by atoms with Crippen molar-refractivity contribution >= 4 is 78.5 Å². The maximum absolute atomic E-state index is 13.4. The summed E-state index contributed by atoms with van der Waals surface area (Å²) in [6.45, 7) is 0. The molecule has 3 aromatic carbocycles. The smallest absolute Gasteiger partial charge is 0.270 e. The molecule has 0 spiro atoms. The number of carbonyl (C=O) groups is 2. The zero-order valence-electron chi connectivity index (χ0n) is 15.8. The summed E-state index contributed by atoms with van der Waals surface area (Å²) in [6, 6.07) is 21.1. The van der Waals surface area contributed by atoms with Crippen LogP contribution in [0.25, 0.3) is 6.08 Å². The molecule has 0 saturated carbocycles. The van der Waals surface area contributed by atoms with E-state index in [0.29, 0.717) is 25.9 Å². The second-order valence-corrected chi connectivity index (χ2v) is 8.75. The number of para-hydroxylation sites is 2. The van der Waals surface area contributed by atoms with Crippen LogP contribution in [0.2, 0.25) is 0 Å². The maximum Gasteiger partial charge on any atom is 0.270 e. The van der Waals surface area contributed by atoms with E-state index in [9.17, 15) is 14.7 Å². The summed E-state index contributed by atoms with van der Waals surface area (Å²) in [7, 11) is 0. The van der Waals surface area contributed by atoms with E-state index in [-0.39, 0.29) is 16.4 Å². The van der Waals surface area contributed by atoms with E-state index in [1.165, 1.54) is 15.9 Å². The number of phenolic OH excluding ortho intramolecular Hbond substituents is 1. The number of benzene rings is 3. The molecule has 4 rings (SSSR count). The fourth-order valence-corrected chi connectivity index (χ4v) is 4.83. The van der Waals surface area contributed by atoms with Crippen molar-refractivity contribution in [2.24, 2.45) is 0 Å². The minimum atomic E-state index is -0.566. The predicted molar refractivity (Wildman–Crippen MR) is 132 cm³/mol. The van der Waals surface area contributed by atoms with Crippen molar-refractivity contribution < 1.29 is 14.7 Å². The molecule has 0 aromatic heterocycles. The van der Waals surface area contributed by atoms with Gasteiger partial charge in [0.25, 0.3) is 11.8 Å². The van der Waals surface area contributed by atoms with E-state index < -0.39 is 11.8 Å². The lowest BCUT2D eigenvalue weighted by Crippen LogP contribution is -2.56. The highest BCUT2D eigenvalue weighted by atomic mass is 79.9. The molecule has 2 amide bonds. The molecule has 8 heteroatoms. The SMILES string of the molecule is O=C1C(=Cc2cc(Br)cc(Br)c2O)C(=O)N(c2ccccc2)C(=S)N1c1ccccc1. The maximum atomic E-state index is 13.4. The minimum absolute atomic E-state index is 0.0594. The molecule has 0 aliphatic carbocycles. The lowest BCUT2D eigenvalue weighted by Gasteiger charge is -2.36. The van der Waals surface area contributed by atoms with Gasteiger partial charge in [0.05, 0.1) is 15.8 Å². The van der Waals surface area contributed by atoms with Crippen molar-refractivity contribution in [2.45, 2.75) is 0 Å². The number of thiocarbonyl (C=S) groups is 1. The molecule has 154 valence electrons. The first kappa shape index (κ1) is 21.4. The number of hydrogen-bond donors (Lipinski definition) is 1. The van der Waals surface area contributed by atoms with Gasteiger partial charge in [-0.3, -0.25) is 19.4 Å². The van der Waals surface area contributed by atoms with Gasteiger partial charge in [-0.2, -0.15) is 0 Å². The molecule has 1 N–H and O–H groups in total. The standard InChI is InChI=1S/C23H14Br2N2O3S/c24-15-11-14(20(28)19(25)13-15)12-18-21(29)26(16-7-3-1-4-8-16)23(31)27(22(18)30)17-9-5-2-6-10-17/h1-13,28H. The summed E-state index contributed by atoms with van der Waals surface area (Å²) < 4.78 is 1.11. The Bertz CT molecular complexity index is 1170. The van der Waals surface area contributed by atoms with Gasteiger partial charge in [0, 0.05) is 10.0 Å². The van der Waals surface area contributed by atoms with Crippen LogP contribution in [0.15, 0.2) is 87.3 Å². The molecule has 0 bridgehead atoms. The number of anilines is 2. The van der Waals surface area contributed by atoms with Gasteiger partial charge >= 0.3 is 0 Å². The quantitative estimate of drug-likeness (QED) is 0.256. The number of phenols is 1. The van der Waals surface area contributed by atoms with E-state index in [0.717, 1.165) is 0 Å². The Hall–Kier alpha value is -2.81. The molecule has 1 fully saturated rings. The molecule has 1 aliphatic heterocycles. The number of carbonyl (C=O) groups excluding carboxylic acids is 2. The Morgan fingerprint density at radius 2 is 1.29 bits per heavy atom. The van der Waals surface area contributed by atoms with E-state index in [2.05, 4.69) is 31.9 Å². The second kappa shape index (κ2) is 8.74. The zero-order chi connectivity index (χ0) is 22.1. The average molecular weight is 558 g/mol. The van der Waals surface area contributed by atoms with Crippen molar-refractivity contribution in [1.82, 2.24) is 0 Å². The molecule has 1 saturated heterocycles. The van der Waals surface area contributed by atoms with E-state index in [1.807, 2.05) is 12.1 Å². The van der Waals surface area contributed by atoms with Crippen LogP contribution in [-0.4, -0.2) is 22.0 Å². The highest BCUT2D eigenvalue weighted by Gasteiger charge is 2.41. The molecule has 31 heavy (non-hydrogen) atoms. The van der Waals surface area contributed by atoms with Crippen LogP contribution in [0, 0.1) is 0 Å². The monoisotopic (exact) mass is 556 g/mol. The van der Waals surface area contributed by atoms with Gasteiger partial charge < -0.3 is 5.11 Å². The molecule has 1 aliphatic rings. The van der Waals surface area contributed by atoms with Gasteiger partial charge in [0.2, 0.25) is 0 Å². The van der Waals surface area contributed by atoms with Crippen molar-refractivity contribution in [3.05, 3.63) is 92.9 Å². The first-order valence-electron chi connectivity index (χ1n) is 9.11. The molecule has 0 unspecified atom stereocenters. The fourth-order valence-electron chi connectivity index (χ4n) is 3.19. The summed E-state index contributed by atoms with van der Waals surface area (Å²) >= 11 is 12.2. The first-order chi connectivity index (χ1) is 14.9. The van der Waals surface area contributed by atoms with Crippen LogP contribution < -0.4 is 9.80 Å². The van der Waals surface area contributed by atoms with E-state index >= 15 is 0 Å². The third-order valence-electron chi connectivity index (χ3n) is 4.64. The number of aromatic hydroxyl groups is 1. The average Bonchev–Trinajstić information content (AvgIpc) is 2.76. The molecular weight excluding hydrogens is 544 g/mol. The summed E-state index contributed by atoms with van der Waals surface area (Å²) in [5, 5.41) is 10.5. The lowest BCUT2D eigenvalue weighted by molar-refractivity contribution is -0.120. The largest absolute Gasteiger partial charge is 0.506 e. The summed E-state index contributed by atoms with van der Waals surface area (Å²) in [6.07, 6.45) is 1.38. The minimum Gasteiger partial charge on any atom is -0.506 e. The molecule has 0 radical (unpaired) electrons. The Labute approximate surface area is 200 Å². The van der Waals surface area contributed by atoms with Crippen LogP contribution >= 0.6 is 44.1 Å². The molecular formula is C23H14Br2N2O3S. The third kappa shape index (κ3) is 4.06. The third-order valence-corrected chi connectivity index (χ3v) is 6.06. The van der Waals surface area contributed by atoms with Crippen molar-refractivity contribution in [1.29, 1.82) is 0 Å². The molecule has 3 aromatic rings. The molecule has 5 nitrogen and oxygen atoms in total. The number of nitrogens with zero attached hydrogens (tertiary/aromatic N) is 2. The van der Waals surface area contributed by atoms with Crippen molar-refractivity contribution in [3.8, 4) is 5.75 Å². The Kier molecular flexibility index (Phi) is 6.04. The van der Waals surface area contributed by atoms with Crippen LogP contribution in [0.4, 0.5) is 11.4 Å². The summed E-state index contributed by atoms with van der Waals surface area (Å²) in [5.41, 5.74) is 1.27.